The van der Waals surface area contributed by atoms with Crippen molar-refractivity contribution in [3.63, 3.8) is 0 Å². The summed E-state index contributed by atoms with van der Waals surface area (Å²) in [6.07, 6.45) is 0. The fourth-order valence-electron chi connectivity index (χ4n) is 3.86. The number of ether oxygens (including phenoxy) is 1. The number of ketones is 1. The normalized spacial score (nSPS) is 15.6. The van der Waals surface area contributed by atoms with Gasteiger partial charge in [0, 0.05) is 11.3 Å². The fourth-order valence-corrected chi connectivity index (χ4v) is 3.86. The van der Waals surface area contributed by atoms with E-state index in [1.54, 1.807) is 11.6 Å². The van der Waals surface area contributed by atoms with E-state index in [0.29, 0.717) is 18.1 Å². The number of Topliss-reactive ketones (excluding diaryl/α,β-unsaturated/α-hetero) is 1. The van der Waals surface area contributed by atoms with Gasteiger partial charge in [-0.3, -0.25) is 4.79 Å². The lowest BCUT2D eigenvalue weighted by Gasteiger charge is -2.27. The number of hydrogen-bond donors (Lipinski definition) is 1. The number of allylic oxidation sites excluding steroid dienone is 2. The molecule has 3 aromatic rings. The van der Waals surface area contributed by atoms with Gasteiger partial charge in [0.05, 0.1) is 0 Å². The lowest BCUT2D eigenvalue weighted by Crippen LogP contribution is -2.27. The summed E-state index contributed by atoms with van der Waals surface area (Å²) < 4.78 is 7.66. The van der Waals surface area contributed by atoms with Gasteiger partial charge in [0.25, 0.3) is 0 Å². The zero-order chi connectivity index (χ0) is 21.4. The lowest BCUT2D eigenvalue weighted by atomic mass is 9.93. The minimum Gasteiger partial charge on any atom is -0.489 e. The highest BCUT2D eigenvalue weighted by atomic mass is 16.5. The van der Waals surface area contributed by atoms with Gasteiger partial charge in [-0.1, -0.05) is 29.4 Å². The summed E-state index contributed by atoms with van der Waals surface area (Å²) in [5.74, 6) is 1.28. The van der Waals surface area contributed by atoms with Crippen LogP contribution in [0.3, 0.4) is 0 Å². The van der Waals surface area contributed by atoms with Crippen LogP contribution < -0.4 is 10.1 Å². The van der Waals surface area contributed by atoms with E-state index in [9.17, 15) is 4.79 Å². The number of carbonyl (C=O) groups is 1. The Kier molecular flexibility index (Phi) is 5.11. The number of fused-ring (bicyclic) bond motifs is 1. The van der Waals surface area contributed by atoms with E-state index >= 15 is 0 Å². The van der Waals surface area contributed by atoms with Crippen molar-refractivity contribution in [3.8, 4) is 5.75 Å². The highest BCUT2D eigenvalue weighted by Crippen LogP contribution is 2.35. The maximum absolute atomic E-state index is 12.3. The molecule has 0 aliphatic carbocycles. The van der Waals surface area contributed by atoms with E-state index in [4.69, 9.17) is 4.74 Å². The average Bonchev–Trinajstić information content (AvgIpc) is 3.17. The molecule has 1 aliphatic rings. The largest absolute Gasteiger partial charge is 0.489 e. The first-order valence-electron chi connectivity index (χ1n) is 9.91. The SMILES string of the molecule is CC(=O)C1=C(C)Nc2nnnn2C1c1ccc(OCc2cc(C)c(C)cc2C)cc1. The van der Waals surface area contributed by atoms with E-state index in [1.165, 1.54) is 22.3 Å². The van der Waals surface area contributed by atoms with Gasteiger partial charge in [-0.25, -0.2) is 0 Å². The molecule has 0 spiro atoms. The minimum absolute atomic E-state index is 0.0170. The molecule has 154 valence electrons. The van der Waals surface area contributed by atoms with Crippen LogP contribution in [-0.2, 0) is 11.4 Å². The molecule has 30 heavy (non-hydrogen) atoms. The topological polar surface area (TPSA) is 81.9 Å². The predicted molar refractivity (Wildman–Crippen MR) is 114 cm³/mol. The molecule has 0 fully saturated rings. The van der Waals surface area contributed by atoms with Crippen LogP contribution in [-0.4, -0.2) is 26.0 Å². The van der Waals surface area contributed by atoms with Crippen molar-refractivity contribution in [2.75, 3.05) is 5.32 Å². The van der Waals surface area contributed by atoms with Crippen molar-refractivity contribution in [1.29, 1.82) is 0 Å². The molecular formula is C23H25N5O2. The van der Waals surface area contributed by atoms with Crippen LogP contribution in [0.4, 0.5) is 5.95 Å². The highest BCUT2D eigenvalue weighted by molar-refractivity contribution is 5.96. The molecule has 7 heteroatoms. The van der Waals surface area contributed by atoms with Gasteiger partial charge in [0.2, 0.25) is 5.95 Å². The van der Waals surface area contributed by atoms with Crippen molar-refractivity contribution in [3.05, 3.63) is 75.5 Å². The maximum atomic E-state index is 12.3. The molecule has 0 saturated carbocycles. The number of aryl methyl sites for hydroxylation is 3. The summed E-state index contributed by atoms with van der Waals surface area (Å²) in [7, 11) is 0. The van der Waals surface area contributed by atoms with Gasteiger partial charge in [-0.15, -0.1) is 0 Å². The number of nitrogens with one attached hydrogen (secondary N) is 1. The molecule has 1 atom stereocenters. The first kappa shape index (κ1) is 19.8. The Morgan fingerprint density at radius 2 is 1.77 bits per heavy atom. The number of carbonyl (C=O) groups excluding carboxylic acids is 1. The summed E-state index contributed by atoms with van der Waals surface area (Å²) >= 11 is 0. The first-order chi connectivity index (χ1) is 14.3. The molecule has 4 rings (SSSR count). The second-order valence-corrected chi connectivity index (χ2v) is 7.79. The van der Waals surface area contributed by atoms with Gasteiger partial charge in [-0.2, -0.15) is 4.68 Å². The van der Waals surface area contributed by atoms with Crippen LogP contribution in [0, 0.1) is 20.8 Å². The molecule has 0 radical (unpaired) electrons. The quantitative estimate of drug-likeness (QED) is 0.692. The molecule has 0 bridgehead atoms. The van der Waals surface area contributed by atoms with E-state index in [-0.39, 0.29) is 11.8 Å². The second kappa shape index (κ2) is 7.74. The Morgan fingerprint density at radius 3 is 2.47 bits per heavy atom. The Bertz CT molecular complexity index is 1140. The molecule has 1 unspecified atom stereocenters. The molecule has 0 amide bonds. The van der Waals surface area contributed by atoms with Gasteiger partial charge in [-0.05, 0) is 85.0 Å². The molecule has 7 nitrogen and oxygen atoms in total. The fraction of sp³-hybridized carbons (Fsp3) is 0.304. The third-order valence-corrected chi connectivity index (χ3v) is 5.64. The Morgan fingerprint density at radius 1 is 1.07 bits per heavy atom. The zero-order valence-corrected chi connectivity index (χ0v) is 17.9. The molecule has 1 aromatic heterocycles. The summed E-state index contributed by atoms with van der Waals surface area (Å²) in [5.41, 5.74) is 7.28. The third-order valence-electron chi connectivity index (χ3n) is 5.64. The number of nitrogens with zero attached hydrogens (tertiary/aromatic N) is 4. The number of anilines is 1. The molecule has 0 saturated heterocycles. The summed E-state index contributed by atoms with van der Waals surface area (Å²) in [6.45, 7) is 10.3. The van der Waals surface area contributed by atoms with Gasteiger partial charge in [0.15, 0.2) is 5.78 Å². The minimum atomic E-state index is -0.371. The standard InChI is InChI=1S/C23H25N5O2/c1-13-10-15(3)19(11-14(13)2)12-30-20-8-6-18(7-9-20)22-21(17(5)29)16(4)24-23-25-26-27-28(22)23/h6-11,22H,12H2,1-5H3,(H,24,25,27). The molecule has 2 heterocycles. The number of aromatic nitrogens is 4. The summed E-state index contributed by atoms with van der Waals surface area (Å²) in [4.78, 5) is 12.3. The van der Waals surface area contributed by atoms with Crippen molar-refractivity contribution >= 4 is 11.7 Å². The number of hydrogen-bond acceptors (Lipinski definition) is 6. The maximum Gasteiger partial charge on any atom is 0.248 e. The predicted octanol–water partition coefficient (Wildman–Crippen LogP) is 4.06. The van der Waals surface area contributed by atoms with Crippen molar-refractivity contribution in [2.24, 2.45) is 0 Å². The van der Waals surface area contributed by atoms with Crippen molar-refractivity contribution in [2.45, 2.75) is 47.3 Å². The third kappa shape index (κ3) is 3.58. The van der Waals surface area contributed by atoms with E-state index in [0.717, 1.165) is 17.0 Å². The smallest absolute Gasteiger partial charge is 0.248 e. The summed E-state index contributed by atoms with van der Waals surface area (Å²) in [5, 5.41) is 14.9. The Labute approximate surface area is 175 Å². The van der Waals surface area contributed by atoms with Crippen LogP contribution >= 0.6 is 0 Å². The zero-order valence-electron chi connectivity index (χ0n) is 17.9. The molecule has 1 N–H and O–H groups in total. The molecule has 1 aliphatic heterocycles. The van der Waals surface area contributed by atoms with E-state index in [2.05, 4.69) is 53.7 Å². The van der Waals surface area contributed by atoms with Crippen molar-refractivity contribution < 1.29 is 9.53 Å². The Hall–Kier alpha value is -3.48. The number of rotatable bonds is 5. The first-order valence-corrected chi connectivity index (χ1v) is 9.91. The van der Waals surface area contributed by atoms with Crippen molar-refractivity contribution in [1.82, 2.24) is 20.2 Å². The number of benzene rings is 2. The van der Waals surface area contributed by atoms with Crippen LogP contribution in [0.25, 0.3) is 0 Å². The molecular weight excluding hydrogens is 378 g/mol. The van der Waals surface area contributed by atoms with E-state index < -0.39 is 0 Å². The van der Waals surface area contributed by atoms with Gasteiger partial charge < -0.3 is 10.1 Å². The van der Waals surface area contributed by atoms with Crippen LogP contribution in [0.15, 0.2) is 47.7 Å². The molecule has 2 aromatic carbocycles. The highest BCUT2D eigenvalue weighted by Gasteiger charge is 2.32. The Balaban J connectivity index is 1.58. The van der Waals surface area contributed by atoms with Gasteiger partial charge >= 0.3 is 0 Å². The number of tetrazole rings is 1. The van der Waals surface area contributed by atoms with Crippen LogP contribution in [0.1, 0.15) is 47.7 Å². The van der Waals surface area contributed by atoms with Gasteiger partial charge in [0.1, 0.15) is 18.4 Å². The van der Waals surface area contributed by atoms with Crippen LogP contribution in [0.2, 0.25) is 0 Å². The monoisotopic (exact) mass is 403 g/mol. The average molecular weight is 403 g/mol. The van der Waals surface area contributed by atoms with E-state index in [1.807, 2.05) is 31.2 Å². The summed E-state index contributed by atoms with van der Waals surface area (Å²) in [6, 6.07) is 11.8. The van der Waals surface area contributed by atoms with Crippen LogP contribution in [0.5, 0.6) is 5.75 Å². The second-order valence-electron chi connectivity index (χ2n) is 7.79. The lowest BCUT2D eigenvalue weighted by molar-refractivity contribution is -0.114.